The van der Waals surface area contributed by atoms with Crippen molar-refractivity contribution in [3.05, 3.63) is 81.9 Å². The molecule has 4 rings (SSSR count). The van der Waals surface area contributed by atoms with Crippen LogP contribution in [0, 0.1) is 6.92 Å². The van der Waals surface area contributed by atoms with Crippen LogP contribution in [0.1, 0.15) is 24.0 Å². The molecule has 5 amide bonds. The van der Waals surface area contributed by atoms with Crippen LogP contribution < -0.4 is 16.0 Å². The molecule has 1 saturated heterocycles. The van der Waals surface area contributed by atoms with E-state index in [0.717, 1.165) is 32.7 Å². The molecule has 2 aromatic rings. The van der Waals surface area contributed by atoms with Gasteiger partial charge in [-0.15, -0.1) is 0 Å². The Balaban J connectivity index is 1.35. The maximum absolute atomic E-state index is 12.9. The summed E-state index contributed by atoms with van der Waals surface area (Å²) in [6, 6.07) is 11.3. The van der Waals surface area contributed by atoms with Gasteiger partial charge in [0, 0.05) is 33.9 Å². The van der Waals surface area contributed by atoms with Crippen LogP contribution in [0.3, 0.4) is 0 Å². The molecule has 2 aromatic carbocycles. The molecule has 0 aliphatic carbocycles. The number of thioether (sulfide) groups is 1. The first-order valence-corrected chi connectivity index (χ1v) is 12.1. The van der Waals surface area contributed by atoms with Crippen LogP contribution in [0.15, 0.2) is 70.6 Å². The van der Waals surface area contributed by atoms with Crippen LogP contribution in [-0.2, 0) is 20.9 Å². The zero-order valence-corrected chi connectivity index (χ0v) is 20.5. The van der Waals surface area contributed by atoms with E-state index in [-0.39, 0.29) is 17.5 Å². The summed E-state index contributed by atoms with van der Waals surface area (Å²) in [5.41, 5.74) is 2.89. The second-order valence-electron chi connectivity index (χ2n) is 8.19. The van der Waals surface area contributed by atoms with Crippen molar-refractivity contribution in [1.82, 2.24) is 15.5 Å². The molecule has 1 atom stereocenters. The number of nitrogens with zero attached hydrogens (tertiary/aromatic N) is 1. The number of benzene rings is 2. The minimum atomic E-state index is -0.840. The van der Waals surface area contributed by atoms with Gasteiger partial charge in [0.2, 0.25) is 5.91 Å². The molecule has 2 heterocycles. The van der Waals surface area contributed by atoms with Gasteiger partial charge in [-0.3, -0.25) is 19.3 Å². The molecule has 10 heteroatoms. The van der Waals surface area contributed by atoms with Gasteiger partial charge < -0.3 is 16.0 Å². The summed E-state index contributed by atoms with van der Waals surface area (Å²) in [5.74, 6) is -1.40. The highest BCUT2D eigenvalue weighted by molar-refractivity contribution is 8.04. The van der Waals surface area contributed by atoms with Crippen LogP contribution in [-0.4, -0.2) is 34.7 Å². The number of hydrogen-bond donors (Lipinski definition) is 3. The van der Waals surface area contributed by atoms with E-state index in [2.05, 4.69) is 22.5 Å². The molecule has 0 saturated carbocycles. The fourth-order valence-electron chi connectivity index (χ4n) is 3.71. The minimum absolute atomic E-state index is 0.242. The number of carbonyl (C=O) groups excluding carboxylic acids is 4. The maximum Gasteiger partial charge on any atom is 0.319 e. The molecule has 0 bridgehead atoms. The van der Waals surface area contributed by atoms with Crippen LogP contribution in [0.25, 0.3) is 0 Å². The van der Waals surface area contributed by atoms with E-state index in [1.54, 1.807) is 24.3 Å². The SMILES string of the molecule is C=C1CCC(N2C(=O)C=C(Sc3cccc(CNC(=O)Nc4ccc(C)c(Cl)c4)c3)C2=O)C(=O)N1. The largest absolute Gasteiger partial charge is 0.334 e. The van der Waals surface area contributed by atoms with Crippen molar-refractivity contribution in [2.75, 3.05) is 5.32 Å². The van der Waals surface area contributed by atoms with Crippen molar-refractivity contribution >= 4 is 52.8 Å². The van der Waals surface area contributed by atoms with Gasteiger partial charge >= 0.3 is 6.03 Å². The van der Waals surface area contributed by atoms with Crippen LogP contribution in [0.2, 0.25) is 5.02 Å². The van der Waals surface area contributed by atoms with E-state index < -0.39 is 23.8 Å². The number of anilines is 1. The highest BCUT2D eigenvalue weighted by Crippen LogP contribution is 2.34. The van der Waals surface area contributed by atoms with E-state index in [4.69, 9.17) is 11.6 Å². The number of carbonyl (C=O) groups is 4. The Morgan fingerprint density at radius 1 is 1.23 bits per heavy atom. The predicted octanol–water partition coefficient (Wildman–Crippen LogP) is 4.11. The Hall–Kier alpha value is -3.56. The first-order valence-electron chi connectivity index (χ1n) is 10.9. The number of imide groups is 1. The average Bonchev–Trinajstić information content (AvgIpc) is 3.08. The Morgan fingerprint density at radius 3 is 2.77 bits per heavy atom. The van der Waals surface area contributed by atoms with E-state index >= 15 is 0 Å². The van der Waals surface area contributed by atoms with Crippen LogP contribution in [0.5, 0.6) is 0 Å². The molecule has 0 radical (unpaired) electrons. The number of allylic oxidation sites excluding steroid dienone is 1. The fraction of sp³-hybridized carbons (Fsp3) is 0.200. The molecule has 8 nitrogen and oxygen atoms in total. The smallest absolute Gasteiger partial charge is 0.319 e. The molecule has 0 aromatic heterocycles. The van der Waals surface area contributed by atoms with Gasteiger partial charge in [0.1, 0.15) is 6.04 Å². The molecule has 35 heavy (non-hydrogen) atoms. The van der Waals surface area contributed by atoms with Crippen LogP contribution >= 0.6 is 23.4 Å². The van der Waals surface area contributed by atoms with Gasteiger partial charge in [0.25, 0.3) is 11.8 Å². The average molecular weight is 511 g/mol. The standard InChI is InChI=1S/C25H23ClN4O4S/c1-14-6-8-17(11-19(14)26)29-25(34)27-13-16-4-3-5-18(10-16)35-21-12-22(31)30(24(21)33)20-9-7-15(2)28-23(20)32/h3-6,8,10-12,20H,2,7,9,13H2,1H3,(H,28,32)(H2,27,29,34). The van der Waals surface area contributed by atoms with Crippen LogP contribution in [0.4, 0.5) is 10.5 Å². The summed E-state index contributed by atoms with van der Waals surface area (Å²) >= 11 is 7.24. The molecular formula is C25H23ClN4O4S. The van der Waals surface area contributed by atoms with Crippen molar-refractivity contribution in [3.8, 4) is 0 Å². The van der Waals surface area contributed by atoms with Gasteiger partial charge in [-0.05, 0) is 55.2 Å². The Kier molecular flexibility index (Phi) is 7.28. The molecule has 2 aliphatic heterocycles. The molecule has 3 N–H and O–H groups in total. The second-order valence-corrected chi connectivity index (χ2v) is 9.71. The quantitative estimate of drug-likeness (QED) is 0.507. The van der Waals surface area contributed by atoms with Gasteiger partial charge in [-0.1, -0.05) is 48.1 Å². The van der Waals surface area contributed by atoms with Crippen molar-refractivity contribution < 1.29 is 19.2 Å². The molecule has 180 valence electrons. The molecule has 2 aliphatic rings. The lowest BCUT2D eigenvalue weighted by atomic mass is 10.0. The summed E-state index contributed by atoms with van der Waals surface area (Å²) in [6.07, 6.45) is 2.12. The summed E-state index contributed by atoms with van der Waals surface area (Å²) < 4.78 is 0. The topological polar surface area (TPSA) is 108 Å². The van der Waals surface area contributed by atoms with Gasteiger partial charge in [0.05, 0.1) is 4.91 Å². The van der Waals surface area contributed by atoms with Gasteiger partial charge in [0.15, 0.2) is 0 Å². The van der Waals surface area contributed by atoms with Crippen molar-refractivity contribution in [1.29, 1.82) is 0 Å². The monoisotopic (exact) mass is 510 g/mol. The Morgan fingerprint density at radius 2 is 2.03 bits per heavy atom. The third kappa shape index (κ3) is 5.75. The lowest BCUT2D eigenvalue weighted by molar-refractivity contribution is -0.146. The summed E-state index contributed by atoms with van der Waals surface area (Å²) in [4.78, 5) is 51.9. The van der Waals surface area contributed by atoms with Crippen molar-refractivity contribution in [2.45, 2.75) is 37.2 Å². The third-order valence-electron chi connectivity index (χ3n) is 5.56. The Bertz CT molecular complexity index is 1280. The van der Waals surface area contributed by atoms with Gasteiger partial charge in [-0.2, -0.15) is 0 Å². The summed E-state index contributed by atoms with van der Waals surface area (Å²) in [7, 11) is 0. The van der Waals surface area contributed by atoms with E-state index in [1.165, 1.54) is 6.08 Å². The highest BCUT2D eigenvalue weighted by atomic mass is 35.5. The van der Waals surface area contributed by atoms with Crippen molar-refractivity contribution in [2.24, 2.45) is 0 Å². The first-order chi connectivity index (χ1) is 16.7. The number of halogens is 1. The van der Waals surface area contributed by atoms with Gasteiger partial charge in [-0.25, -0.2) is 4.79 Å². The molecule has 1 fully saturated rings. The highest BCUT2D eigenvalue weighted by Gasteiger charge is 2.41. The summed E-state index contributed by atoms with van der Waals surface area (Å²) in [6.45, 7) is 5.86. The number of nitrogens with one attached hydrogen (secondary N) is 3. The number of urea groups is 1. The van der Waals surface area contributed by atoms with Crippen molar-refractivity contribution in [3.63, 3.8) is 0 Å². The zero-order chi connectivity index (χ0) is 25.1. The zero-order valence-electron chi connectivity index (χ0n) is 18.9. The number of amides is 5. The second kappa shape index (κ2) is 10.4. The molecular weight excluding hydrogens is 488 g/mol. The maximum atomic E-state index is 12.9. The number of piperidine rings is 1. The number of aryl methyl sites for hydroxylation is 1. The number of rotatable bonds is 6. The minimum Gasteiger partial charge on any atom is -0.334 e. The summed E-state index contributed by atoms with van der Waals surface area (Å²) in [5, 5.41) is 8.68. The lowest BCUT2D eigenvalue weighted by Crippen LogP contribution is -2.52. The Labute approximate surface area is 211 Å². The third-order valence-corrected chi connectivity index (χ3v) is 6.97. The van der Waals surface area contributed by atoms with E-state index in [9.17, 15) is 19.2 Å². The van der Waals surface area contributed by atoms with E-state index in [0.29, 0.717) is 29.2 Å². The normalized spacial score (nSPS) is 17.8. The lowest BCUT2D eigenvalue weighted by Gasteiger charge is -2.29. The van der Waals surface area contributed by atoms with E-state index in [1.807, 2.05) is 25.1 Å². The molecule has 0 spiro atoms. The number of hydrogen-bond acceptors (Lipinski definition) is 5. The predicted molar refractivity (Wildman–Crippen MR) is 135 cm³/mol. The fourth-order valence-corrected chi connectivity index (χ4v) is 4.85. The molecule has 1 unspecified atom stereocenters. The first kappa shape index (κ1) is 24.6.